The molecule has 0 atom stereocenters. The minimum Gasteiger partial charge on any atom is -0.295 e. The molecule has 0 aliphatic rings. The van der Waals surface area contributed by atoms with Gasteiger partial charge in [-0.25, -0.2) is 0 Å². The standard InChI is InChI=1S/C14H25O/c1-3-5-6-7-8-9-10-11-12-13-14(15)4-2/h12-13H,2-11H2,1H3/b13-12+. The minimum absolute atomic E-state index is 0.137. The zero-order valence-electron chi connectivity index (χ0n) is 10.1. The zero-order chi connectivity index (χ0) is 11.4. The SMILES string of the molecule is [CH2]CC(=O)/C=C/CCCCCCCCC. The Labute approximate surface area is 95.0 Å². The molecule has 0 unspecified atom stereocenters. The first-order valence-electron chi connectivity index (χ1n) is 6.30. The summed E-state index contributed by atoms with van der Waals surface area (Å²) in [5.41, 5.74) is 0. The first-order valence-corrected chi connectivity index (χ1v) is 6.30. The number of rotatable bonds is 10. The number of carbonyl (C=O) groups is 1. The Morgan fingerprint density at radius 3 is 2.27 bits per heavy atom. The number of hydrogen-bond acceptors (Lipinski definition) is 1. The van der Waals surface area contributed by atoms with Gasteiger partial charge in [0.05, 0.1) is 0 Å². The summed E-state index contributed by atoms with van der Waals surface area (Å²) in [7, 11) is 0. The van der Waals surface area contributed by atoms with E-state index in [-0.39, 0.29) is 5.78 Å². The molecular weight excluding hydrogens is 184 g/mol. The van der Waals surface area contributed by atoms with Crippen LogP contribution in [-0.2, 0) is 4.79 Å². The number of ketones is 1. The van der Waals surface area contributed by atoms with Crippen LogP contribution in [0.5, 0.6) is 0 Å². The normalized spacial score (nSPS) is 11.1. The monoisotopic (exact) mass is 209 g/mol. The van der Waals surface area contributed by atoms with E-state index in [1.807, 2.05) is 6.08 Å². The third-order valence-electron chi connectivity index (χ3n) is 2.52. The number of hydrogen-bond donors (Lipinski definition) is 0. The van der Waals surface area contributed by atoms with Crippen molar-refractivity contribution in [3.8, 4) is 0 Å². The van der Waals surface area contributed by atoms with Crippen LogP contribution in [0.25, 0.3) is 0 Å². The molecule has 1 nitrogen and oxygen atoms in total. The van der Waals surface area contributed by atoms with Gasteiger partial charge in [0.1, 0.15) is 0 Å². The van der Waals surface area contributed by atoms with Crippen molar-refractivity contribution in [2.75, 3.05) is 0 Å². The van der Waals surface area contributed by atoms with Gasteiger partial charge in [-0.05, 0) is 25.8 Å². The highest BCUT2D eigenvalue weighted by atomic mass is 16.1. The Bertz CT molecular complexity index is 170. The van der Waals surface area contributed by atoms with Crippen LogP contribution in [0, 0.1) is 6.92 Å². The smallest absolute Gasteiger partial charge is 0.155 e. The van der Waals surface area contributed by atoms with Gasteiger partial charge >= 0.3 is 0 Å². The molecule has 0 saturated heterocycles. The van der Waals surface area contributed by atoms with Gasteiger partial charge in [-0.15, -0.1) is 0 Å². The van der Waals surface area contributed by atoms with Gasteiger partial charge in [-0.3, -0.25) is 4.79 Å². The van der Waals surface area contributed by atoms with Crippen LogP contribution in [0.2, 0.25) is 0 Å². The Morgan fingerprint density at radius 1 is 1.07 bits per heavy atom. The van der Waals surface area contributed by atoms with Crippen molar-refractivity contribution in [3.05, 3.63) is 19.1 Å². The van der Waals surface area contributed by atoms with Crippen LogP contribution in [-0.4, -0.2) is 5.78 Å². The molecule has 0 spiro atoms. The fourth-order valence-corrected chi connectivity index (χ4v) is 1.52. The summed E-state index contributed by atoms with van der Waals surface area (Å²) in [4.78, 5) is 10.9. The van der Waals surface area contributed by atoms with E-state index in [2.05, 4.69) is 13.8 Å². The third kappa shape index (κ3) is 11.3. The van der Waals surface area contributed by atoms with E-state index in [1.165, 1.54) is 44.9 Å². The van der Waals surface area contributed by atoms with Gasteiger partial charge in [-0.2, -0.15) is 0 Å². The maximum absolute atomic E-state index is 10.9. The highest BCUT2D eigenvalue weighted by molar-refractivity contribution is 5.89. The van der Waals surface area contributed by atoms with Gasteiger partial charge in [-0.1, -0.05) is 51.5 Å². The number of allylic oxidation sites excluding steroid dienone is 2. The average Bonchev–Trinajstić information content (AvgIpc) is 2.26. The van der Waals surface area contributed by atoms with Crippen molar-refractivity contribution in [1.29, 1.82) is 0 Å². The Morgan fingerprint density at radius 2 is 1.67 bits per heavy atom. The summed E-state index contributed by atoms with van der Waals surface area (Å²) in [6.45, 7) is 5.78. The first kappa shape index (κ1) is 14.4. The molecule has 0 aromatic rings. The molecule has 87 valence electrons. The molecule has 0 rings (SSSR count). The summed E-state index contributed by atoms with van der Waals surface area (Å²) in [6, 6.07) is 0. The van der Waals surface area contributed by atoms with Crippen LogP contribution in [0.1, 0.15) is 64.7 Å². The molecule has 0 amide bonds. The van der Waals surface area contributed by atoms with Crippen LogP contribution < -0.4 is 0 Å². The highest BCUT2D eigenvalue weighted by Crippen LogP contribution is 2.08. The lowest BCUT2D eigenvalue weighted by Gasteiger charge is -1.98. The first-order chi connectivity index (χ1) is 7.31. The van der Waals surface area contributed by atoms with E-state index in [0.717, 1.165) is 6.42 Å². The molecule has 0 heterocycles. The highest BCUT2D eigenvalue weighted by Gasteiger charge is 1.91. The number of carbonyl (C=O) groups excluding carboxylic acids is 1. The predicted molar refractivity (Wildman–Crippen MR) is 66.7 cm³/mol. The van der Waals surface area contributed by atoms with Gasteiger partial charge in [0, 0.05) is 6.42 Å². The van der Waals surface area contributed by atoms with Crippen LogP contribution >= 0.6 is 0 Å². The minimum atomic E-state index is 0.137. The van der Waals surface area contributed by atoms with Crippen LogP contribution in [0.3, 0.4) is 0 Å². The topological polar surface area (TPSA) is 17.1 Å². The van der Waals surface area contributed by atoms with E-state index in [1.54, 1.807) is 6.08 Å². The zero-order valence-corrected chi connectivity index (χ0v) is 10.1. The fraction of sp³-hybridized carbons (Fsp3) is 0.714. The fourth-order valence-electron chi connectivity index (χ4n) is 1.52. The lowest BCUT2D eigenvalue weighted by Crippen LogP contribution is -1.87. The van der Waals surface area contributed by atoms with E-state index in [9.17, 15) is 4.79 Å². The average molecular weight is 209 g/mol. The molecule has 1 radical (unpaired) electrons. The Hall–Kier alpha value is -0.590. The van der Waals surface area contributed by atoms with Crippen molar-refractivity contribution >= 4 is 5.78 Å². The van der Waals surface area contributed by atoms with Gasteiger partial charge in [0.15, 0.2) is 5.78 Å². The summed E-state index contributed by atoms with van der Waals surface area (Å²) in [5.74, 6) is 0.137. The van der Waals surface area contributed by atoms with Crippen LogP contribution in [0.4, 0.5) is 0 Å². The maximum Gasteiger partial charge on any atom is 0.155 e. The van der Waals surface area contributed by atoms with Crippen molar-refractivity contribution in [1.82, 2.24) is 0 Å². The summed E-state index contributed by atoms with van der Waals surface area (Å²) < 4.78 is 0. The van der Waals surface area contributed by atoms with E-state index in [0.29, 0.717) is 6.42 Å². The van der Waals surface area contributed by atoms with E-state index < -0.39 is 0 Å². The second-order valence-corrected chi connectivity index (χ2v) is 4.03. The van der Waals surface area contributed by atoms with E-state index in [4.69, 9.17) is 0 Å². The van der Waals surface area contributed by atoms with Crippen molar-refractivity contribution in [2.45, 2.75) is 64.7 Å². The maximum atomic E-state index is 10.9. The van der Waals surface area contributed by atoms with Gasteiger partial charge < -0.3 is 0 Å². The molecule has 0 N–H and O–H groups in total. The quantitative estimate of drug-likeness (QED) is 0.383. The van der Waals surface area contributed by atoms with Gasteiger partial charge in [0.25, 0.3) is 0 Å². The molecule has 0 aromatic heterocycles. The Kier molecular flexibility index (Phi) is 11.0. The second kappa shape index (κ2) is 11.5. The molecule has 0 aliphatic carbocycles. The van der Waals surface area contributed by atoms with Crippen molar-refractivity contribution < 1.29 is 4.79 Å². The molecular formula is C14H25O. The Balaban J connectivity index is 3.11. The molecule has 0 fully saturated rings. The van der Waals surface area contributed by atoms with Crippen molar-refractivity contribution in [2.24, 2.45) is 0 Å². The molecule has 0 aromatic carbocycles. The molecule has 1 heteroatoms. The lowest BCUT2D eigenvalue weighted by atomic mass is 10.1. The van der Waals surface area contributed by atoms with Gasteiger partial charge in [0.2, 0.25) is 0 Å². The molecule has 0 saturated carbocycles. The summed E-state index contributed by atoms with van der Waals surface area (Å²) >= 11 is 0. The number of unbranched alkanes of at least 4 members (excludes halogenated alkanes) is 7. The van der Waals surface area contributed by atoms with Crippen LogP contribution in [0.15, 0.2) is 12.2 Å². The molecule has 0 bridgehead atoms. The van der Waals surface area contributed by atoms with Crippen molar-refractivity contribution in [3.63, 3.8) is 0 Å². The molecule has 0 aliphatic heterocycles. The predicted octanol–water partition coefficient (Wildman–Crippen LogP) is 4.48. The molecule has 15 heavy (non-hydrogen) atoms. The van der Waals surface area contributed by atoms with E-state index >= 15 is 0 Å². The second-order valence-electron chi connectivity index (χ2n) is 4.03. The summed E-state index contributed by atoms with van der Waals surface area (Å²) in [5, 5.41) is 0. The lowest BCUT2D eigenvalue weighted by molar-refractivity contribution is -0.113. The summed E-state index contributed by atoms with van der Waals surface area (Å²) in [6.07, 6.45) is 14.4. The largest absolute Gasteiger partial charge is 0.295 e. The third-order valence-corrected chi connectivity index (χ3v) is 2.52.